The van der Waals surface area contributed by atoms with Crippen LogP contribution >= 0.6 is 0 Å². The molecule has 0 N–H and O–H groups in total. The average Bonchev–Trinajstić information content (AvgIpc) is 3.00. The monoisotopic (exact) mass is 282 g/mol. The Morgan fingerprint density at radius 1 is 1.10 bits per heavy atom. The lowest BCUT2D eigenvalue weighted by atomic mass is 10.1. The predicted octanol–water partition coefficient (Wildman–Crippen LogP) is 3.45. The van der Waals surface area contributed by atoms with E-state index in [1.54, 1.807) is 19.2 Å². The fourth-order valence-electron chi connectivity index (χ4n) is 2.74. The van der Waals surface area contributed by atoms with Crippen molar-refractivity contribution in [1.29, 1.82) is 0 Å². The summed E-state index contributed by atoms with van der Waals surface area (Å²) in [6.45, 7) is 0.0269. The third-order valence-electron chi connectivity index (χ3n) is 3.85. The summed E-state index contributed by atoms with van der Waals surface area (Å²) < 4.78 is 10.8. The molecule has 0 spiro atoms. The van der Waals surface area contributed by atoms with Crippen molar-refractivity contribution in [2.45, 2.75) is 19.3 Å². The van der Waals surface area contributed by atoms with E-state index in [1.807, 2.05) is 18.2 Å². The Kier molecular flexibility index (Phi) is 3.91. The van der Waals surface area contributed by atoms with E-state index in [1.165, 1.54) is 17.5 Å². The van der Waals surface area contributed by atoms with E-state index in [9.17, 15) is 4.79 Å². The highest BCUT2D eigenvalue weighted by Gasteiger charge is 2.14. The van der Waals surface area contributed by atoms with Crippen molar-refractivity contribution >= 4 is 5.78 Å². The molecule has 0 saturated heterocycles. The smallest absolute Gasteiger partial charge is 0.203 e. The van der Waals surface area contributed by atoms with Gasteiger partial charge in [0.2, 0.25) is 5.78 Å². The molecular formula is C18H18O3. The van der Waals surface area contributed by atoms with E-state index in [-0.39, 0.29) is 12.4 Å². The Morgan fingerprint density at radius 3 is 2.76 bits per heavy atom. The number of fused-ring (bicyclic) bond motifs is 1. The van der Waals surface area contributed by atoms with Crippen LogP contribution in [0.5, 0.6) is 11.5 Å². The SMILES string of the molecule is COc1ccccc1C(=O)COc1ccc2c(c1)CCC2. The Labute approximate surface area is 124 Å². The molecule has 2 aromatic carbocycles. The molecule has 0 bridgehead atoms. The molecule has 1 aliphatic rings. The maximum Gasteiger partial charge on any atom is 0.203 e. The Balaban J connectivity index is 1.68. The van der Waals surface area contributed by atoms with Gasteiger partial charge in [0, 0.05) is 0 Å². The summed E-state index contributed by atoms with van der Waals surface area (Å²) in [5, 5.41) is 0. The van der Waals surface area contributed by atoms with Gasteiger partial charge in [-0.3, -0.25) is 4.79 Å². The predicted molar refractivity (Wildman–Crippen MR) is 81.3 cm³/mol. The molecule has 0 unspecified atom stereocenters. The van der Waals surface area contributed by atoms with Crippen LogP contribution in [0.3, 0.4) is 0 Å². The highest BCUT2D eigenvalue weighted by molar-refractivity contribution is 5.99. The van der Waals surface area contributed by atoms with Crippen LogP contribution in [0.25, 0.3) is 0 Å². The summed E-state index contributed by atoms with van der Waals surface area (Å²) in [5.74, 6) is 1.27. The molecule has 0 fully saturated rings. The third kappa shape index (κ3) is 2.92. The number of Topliss-reactive ketones (excluding diaryl/α,β-unsaturated/α-hetero) is 1. The third-order valence-corrected chi connectivity index (χ3v) is 3.85. The molecule has 108 valence electrons. The van der Waals surface area contributed by atoms with Gasteiger partial charge in [0.1, 0.15) is 11.5 Å². The number of carbonyl (C=O) groups excluding carboxylic acids is 1. The summed E-state index contributed by atoms with van der Waals surface area (Å²) in [6, 6.07) is 13.3. The summed E-state index contributed by atoms with van der Waals surface area (Å²) in [4.78, 5) is 12.2. The first kappa shape index (κ1) is 13.7. The van der Waals surface area contributed by atoms with E-state index in [0.717, 1.165) is 18.6 Å². The number of methoxy groups -OCH3 is 1. The van der Waals surface area contributed by atoms with Crippen LogP contribution in [0, 0.1) is 0 Å². The fraction of sp³-hybridized carbons (Fsp3) is 0.278. The highest BCUT2D eigenvalue weighted by Crippen LogP contribution is 2.26. The second-order valence-electron chi connectivity index (χ2n) is 5.20. The van der Waals surface area contributed by atoms with E-state index < -0.39 is 0 Å². The first-order chi connectivity index (χ1) is 10.3. The lowest BCUT2D eigenvalue weighted by Crippen LogP contribution is -2.12. The average molecular weight is 282 g/mol. The highest BCUT2D eigenvalue weighted by atomic mass is 16.5. The van der Waals surface area contributed by atoms with Crippen molar-refractivity contribution in [3.05, 3.63) is 59.2 Å². The zero-order valence-corrected chi connectivity index (χ0v) is 12.1. The minimum atomic E-state index is -0.0760. The van der Waals surface area contributed by atoms with Gasteiger partial charge in [0.15, 0.2) is 6.61 Å². The number of hydrogen-bond acceptors (Lipinski definition) is 3. The minimum absolute atomic E-state index is 0.0269. The van der Waals surface area contributed by atoms with E-state index in [4.69, 9.17) is 9.47 Å². The van der Waals surface area contributed by atoms with Crippen LogP contribution < -0.4 is 9.47 Å². The first-order valence-corrected chi connectivity index (χ1v) is 7.19. The van der Waals surface area contributed by atoms with Gasteiger partial charge in [-0.25, -0.2) is 0 Å². The van der Waals surface area contributed by atoms with E-state index in [2.05, 4.69) is 12.1 Å². The summed E-state index contributed by atoms with van der Waals surface area (Å²) >= 11 is 0. The first-order valence-electron chi connectivity index (χ1n) is 7.19. The molecule has 0 heterocycles. The number of carbonyl (C=O) groups is 1. The van der Waals surface area contributed by atoms with Crippen LogP contribution in [0.4, 0.5) is 0 Å². The molecule has 0 amide bonds. The molecule has 3 rings (SSSR count). The summed E-state index contributed by atoms with van der Waals surface area (Å²) in [5.41, 5.74) is 3.30. The molecule has 2 aromatic rings. The molecule has 0 saturated carbocycles. The maximum absolute atomic E-state index is 12.2. The van der Waals surface area contributed by atoms with E-state index >= 15 is 0 Å². The van der Waals surface area contributed by atoms with Gasteiger partial charge in [0.05, 0.1) is 12.7 Å². The van der Waals surface area contributed by atoms with Gasteiger partial charge < -0.3 is 9.47 Å². The van der Waals surface area contributed by atoms with Crippen molar-refractivity contribution in [1.82, 2.24) is 0 Å². The van der Waals surface area contributed by atoms with Crippen molar-refractivity contribution in [3.63, 3.8) is 0 Å². The number of aryl methyl sites for hydroxylation is 2. The summed E-state index contributed by atoms with van der Waals surface area (Å²) in [6.07, 6.45) is 3.46. The normalized spacial score (nSPS) is 12.8. The number of benzene rings is 2. The molecule has 1 aliphatic carbocycles. The van der Waals surface area contributed by atoms with Crippen molar-refractivity contribution in [2.24, 2.45) is 0 Å². The topological polar surface area (TPSA) is 35.5 Å². The largest absolute Gasteiger partial charge is 0.496 e. The molecule has 0 radical (unpaired) electrons. The summed E-state index contributed by atoms with van der Waals surface area (Å²) in [7, 11) is 1.56. The quantitative estimate of drug-likeness (QED) is 0.788. The fourth-order valence-corrected chi connectivity index (χ4v) is 2.74. The van der Waals surface area contributed by atoms with Crippen molar-refractivity contribution in [2.75, 3.05) is 13.7 Å². The van der Waals surface area contributed by atoms with Crippen molar-refractivity contribution in [3.8, 4) is 11.5 Å². The van der Waals surface area contributed by atoms with Gasteiger partial charge in [-0.05, 0) is 54.7 Å². The van der Waals surface area contributed by atoms with Crippen molar-refractivity contribution < 1.29 is 14.3 Å². The number of para-hydroxylation sites is 1. The Morgan fingerprint density at radius 2 is 1.90 bits per heavy atom. The lowest BCUT2D eigenvalue weighted by Gasteiger charge is -2.09. The lowest BCUT2D eigenvalue weighted by molar-refractivity contribution is 0.0918. The molecule has 0 atom stereocenters. The van der Waals surface area contributed by atoms with Crippen LogP contribution in [-0.4, -0.2) is 19.5 Å². The number of rotatable bonds is 5. The van der Waals surface area contributed by atoms with Gasteiger partial charge in [-0.1, -0.05) is 18.2 Å². The van der Waals surface area contributed by atoms with Gasteiger partial charge in [0.25, 0.3) is 0 Å². The Hall–Kier alpha value is -2.29. The van der Waals surface area contributed by atoms with Crippen LogP contribution in [0.15, 0.2) is 42.5 Å². The number of ether oxygens (including phenoxy) is 2. The second-order valence-corrected chi connectivity index (χ2v) is 5.20. The molecule has 3 heteroatoms. The minimum Gasteiger partial charge on any atom is -0.496 e. The number of ketones is 1. The molecular weight excluding hydrogens is 264 g/mol. The molecule has 0 aromatic heterocycles. The van der Waals surface area contributed by atoms with E-state index in [0.29, 0.717) is 11.3 Å². The van der Waals surface area contributed by atoms with Gasteiger partial charge in [-0.15, -0.1) is 0 Å². The standard InChI is InChI=1S/C18H18O3/c1-20-18-8-3-2-7-16(18)17(19)12-21-15-10-9-13-5-4-6-14(13)11-15/h2-3,7-11H,4-6,12H2,1H3. The van der Waals surface area contributed by atoms with Gasteiger partial charge >= 0.3 is 0 Å². The zero-order chi connectivity index (χ0) is 14.7. The Bertz CT molecular complexity index is 661. The van der Waals surface area contributed by atoms with Crippen LogP contribution in [0.2, 0.25) is 0 Å². The maximum atomic E-state index is 12.2. The second kappa shape index (κ2) is 6.00. The van der Waals surface area contributed by atoms with Gasteiger partial charge in [-0.2, -0.15) is 0 Å². The van der Waals surface area contributed by atoms with Crippen LogP contribution in [0.1, 0.15) is 27.9 Å². The molecule has 0 aliphatic heterocycles. The zero-order valence-electron chi connectivity index (χ0n) is 12.1. The number of hydrogen-bond donors (Lipinski definition) is 0. The molecule has 21 heavy (non-hydrogen) atoms. The molecule has 3 nitrogen and oxygen atoms in total. The van der Waals surface area contributed by atoms with Crippen LogP contribution in [-0.2, 0) is 12.8 Å².